The van der Waals surface area contributed by atoms with E-state index < -0.39 is 17.4 Å². The van der Waals surface area contributed by atoms with Crippen LogP contribution in [-0.4, -0.2) is 40.0 Å². The van der Waals surface area contributed by atoms with Crippen LogP contribution >= 0.6 is 0 Å². The van der Waals surface area contributed by atoms with E-state index in [0.29, 0.717) is 30.4 Å². The van der Waals surface area contributed by atoms with Gasteiger partial charge in [0.25, 0.3) is 5.91 Å². The molecule has 1 amide bonds. The molecule has 1 unspecified atom stereocenters. The molecule has 1 aromatic heterocycles. The van der Waals surface area contributed by atoms with Crippen LogP contribution in [0.3, 0.4) is 0 Å². The lowest BCUT2D eigenvalue weighted by Gasteiger charge is -2.33. The highest BCUT2D eigenvalue weighted by atomic mass is 16.5. The zero-order valence-electron chi connectivity index (χ0n) is 12.0. The minimum Gasteiger partial charge on any atom is -0.459 e. The smallest absolute Gasteiger partial charge is 0.344 e. The highest BCUT2D eigenvalue weighted by Crippen LogP contribution is 2.30. The molecule has 1 aromatic carbocycles. The van der Waals surface area contributed by atoms with Crippen molar-refractivity contribution in [1.29, 1.82) is 0 Å². The third-order valence-electron chi connectivity index (χ3n) is 3.76. The molecule has 1 aliphatic heterocycles. The summed E-state index contributed by atoms with van der Waals surface area (Å²) in [7, 11) is 0. The zero-order chi connectivity index (χ0) is 15.6. The Bertz CT molecular complexity index is 739. The van der Waals surface area contributed by atoms with Gasteiger partial charge in [-0.15, -0.1) is 5.10 Å². The van der Waals surface area contributed by atoms with E-state index in [1.54, 1.807) is 12.1 Å². The van der Waals surface area contributed by atoms with Crippen molar-refractivity contribution in [3.63, 3.8) is 0 Å². The van der Waals surface area contributed by atoms with Gasteiger partial charge in [0.15, 0.2) is 0 Å². The van der Waals surface area contributed by atoms with Crippen molar-refractivity contribution in [3.05, 3.63) is 36.9 Å². The summed E-state index contributed by atoms with van der Waals surface area (Å²) in [6.45, 7) is 4.09. The van der Waals surface area contributed by atoms with E-state index in [0.717, 1.165) is 0 Å². The normalized spacial score (nSPS) is 21.4. The Balaban J connectivity index is 2.14. The minimum atomic E-state index is -1.52. The number of esters is 1. The fourth-order valence-electron chi connectivity index (χ4n) is 2.69. The minimum absolute atomic E-state index is 0.0422. The highest BCUT2D eigenvalue weighted by Gasteiger charge is 2.52. The molecule has 0 spiro atoms. The van der Waals surface area contributed by atoms with Gasteiger partial charge in [0.05, 0.1) is 5.52 Å². The molecule has 0 radical (unpaired) electrons. The molecule has 1 aliphatic rings. The number of nitrogens with zero attached hydrogens (tertiary/aromatic N) is 3. The lowest BCUT2D eigenvalue weighted by atomic mass is 9.89. The quantitative estimate of drug-likeness (QED) is 0.512. The van der Waals surface area contributed by atoms with Crippen LogP contribution in [0, 0.1) is 0 Å². The van der Waals surface area contributed by atoms with Gasteiger partial charge in [-0.3, -0.25) is 4.79 Å². The first kappa shape index (κ1) is 14.2. The van der Waals surface area contributed by atoms with E-state index in [1.807, 2.05) is 12.1 Å². The van der Waals surface area contributed by atoms with Gasteiger partial charge in [0.1, 0.15) is 12.1 Å². The molecule has 2 aromatic rings. The molecule has 1 N–H and O–H groups in total. The maximum absolute atomic E-state index is 12.6. The van der Waals surface area contributed by atoms with Gasteiger partial charge in [0.2, 0.25) is 5.54 Å². The molecular weight excluding hydrogens is 284 g/mol. The van der Waals surface area contributed by atoms with Gasteiger partial charge in [-0.05, 0) is 25.0 Å². The summed E-state index contributed by atoms with van der Waals surface area (Å²) in [5.41, 5.74) is -0.274. The Morgan fingerprint density at radius 2 is 2.32 bits per heavy atom. The van der Waals surface area contributed by atoms with Crippen molar-refractivity contribution in [2.45, 2.75) is 18.4 Å². The Kier molecular flexibility index (Phi) is 3.62. The summed E-state index contributed by atoms with van der Waals surface area (Å²) >= 11 is 0. The Labute approximate surface area is 126 Å². The number of ether oxygens (including phenoxy) is 1. The second-order valence-electron chi connectivity index (χ2n) is 5.10. The first-order valence-corrected chi connectivity index (χ1v) is 7.07. The van der Waals surface area contributed by atoms with Gasteiger partial charge >= 0.3 is 5.97 Å². The third kappa shape index (κ3) is 2.05. The lowest BCUT2D eigenvalue weighted by molar-refractivity contribution is -0.161. The van der Waals surface area contributed by atoms with Crippen LogP contribution in [0.2, 0.25) is 0 Å². The molecule has 3 rings (SSSR count). The van der Waals surface area contributed by atoms with Gasteiger partial charge in [-0.1, -0.05) is 30.0 Å². The van der Waals surface area contributed by atoms with Crippen molar-refractivity contribution in [2.75, 3.05) is 13.2 Å². The lowest BCUT2D eigenvalue weighted by Crippen LogP contribution is -2.58. The molecule has 0 bridgehead atoms. The standard InChI is InChI=1S/C15H16N4O3/c1-2-10-22-14(21)15(8-5-9-16-13(15)20)19-12-7-4-3-6-11(12)17-18-19/h2-4,6-7H,1,5,8-10H2,(H,16,20). The predicted molar refractivity (Wildman–Crippen MR) is 78.9 cm³/mol. The van der Waals surface area contributed by atoms with Crippen LogP contribution in [0.1, 0.15) is 12.8 Å². The van der Waals surface area contributed by atoms with E-state index in [9.17, 15) is 9.59 Å². The van der Waals surface area contributed by atoms with Crippen LogP contribution in [0.4, 0.5) is 0 Å². The fraction of sp³-hybridized carbons (Fsp3) is 0.333. The number of nitrogens with one attached hydrogen (secondary N) is 1. The number of hydrogen-bond acceptors (Lipinski definition) is 5. The van der Waals surface area contributed by atoms with Crippen LogP contribution in [0.25, 0.3) is 11.0 Å². The average molecular weight is 300 g/mol. The zero-order valence-corrected chi connectivity index (χ0v) is 12.0. The Hall–Kier alpha value is -2.70. The van der Waals surface area contributed by atoms with E-state index in [-0.39, 0.29) is 6.61 Å². The molecule has 114 valence electrons. The molecule has 0 saturated carbocycles. The van der Waals surface area contributed by atoms with E-state index in [2.05, 4.69) is 22.2 Å². The number of hydrogen-bond donors (Lipinski definition) is 1. The van der Waals surface area contributed by atoms with Crippen LogP contribution < -0.4 is 5.32 Å². The Morgan fingerprint density at radius 1 is 1.50 bits per heavy atom. The number of piperidine rings is 1. The summed E-state index contributed by atoms with van der Waals surface area (Å²) < 4.78 is 6.55. The largest absolute Gasteiger partial charge is 0.459 e. The van der Waals surface area contributed by atoms with Crippen molar-refractivity contribution >= 4 is 22.9 Å². The number of amides is 1. The molecule has 7 heteroatoms. The molecule has 1 saturated heterocycles. The van der Waals surface area contributed by atoms with E-state index in [4.69, 9.17) is 4.74 Å². The van der Waals surface area contributed by atoms with Crippen LogP contribution in [0.5, 0.6) is 0 Å². The summed E-state index contributed by atoms with van der Waals surface area (Å²) in [5.74, 6) is -1.05. The summed E-state index contributed by atoms with van der Waals surface area (Å²) in [6.07, 6.45) is 2.44. The van der Waals surface area contributed by atoms with Crippen molar-refractivity contribution in [1.82, 2.24) is 20.3 Å². The van der Waals surface area contributed by atoms with Crippen molar-refractivity contribution < 1.29 is 14.3 Å². The number of benzene rings is 1. The number of rotatable bonds is 4. The van der Waals surface area contributed by atoms with Gasteiger partial charge < -0.3 is 10.1 Å². The monoisotopic (exact) mass is 300 g/mol. The third-order valence-corrected chi connectivity index (χ3v) is 3.76. The second-order valence-corrected chi connectivity index (χ2v) is 5.10. The number of para-hydroxylation sites is 1. The molecule has 7 nitrogen and oxygen atoms in total. The van der Waals surface area contributed by atoms with Crippen molar-refractivity contribution in [3.8, 4) is 0 Å². The molecule has 22 heavy (non-hydrogen) atoms. The van der Waals surface area contributed by atoms with Gasteiger partial charge in [-0.2, -0.15) is 0 Å². The Morgan fingerprint density at radius 3 is 3.09 bits per heavy atom. The van der Waals surface area contributed by atoms with E-state index >= 15 is 0 Å². The summed E-state index contributed by atoms with van der Waals surface area (Å²) in [4.78, 5) is 25.1. The van der Waals surface area contributed by atoms with Crippen molar-refractivity contribution in [2.24, 2.45) is 0 Å². The summed E-state index contributed by atoms with van der Waals surface area (Å²) in [6, 6.07) is 7.19. The maximum Gasteiger partial charge on any atom is 0.344 e. The van der Waals surface area contributed by atoms with E-state index in [1.165, 1.54) is 10.8 Å². The average Bonchev–Trinajstić information content (AvgIpc) is 2.97. The van der Waals surface area contributed by atoms with Gasteiger partial charge in [0, 0.05) is 6.54 Å². The fourth-order valence-corrected chi connectivity index (χ4v) is 2.69. The maximum atomic E-state index is 12.6. The first-order chi connectivity index (χ1) is 10.7. The molecular formula is C15H16N4O3. The topological polar surface area (TPSA) is 86.1 Å². The predicted octanol–water partition coefficient (Wildman–Crippen LogP) is 0.766. The SMILES string of the molecule is C=CCOC(=O)C1(n2nnc3ccccc32)CCCNC1=O. The molecule has 0 aliphatic carbocycles. The number of fused-ring (bicyclic) bond motifs is 1. The first-order valence-electron chi connectivity index (χ1n) is 7.07. The highest BCUT2D eigenvalue weighted by molar-refractivity contribution is 6.06. The molecule has 1 fully saturated rings. The molecule has 1 atom stereocenters. The van der Waals surface area contributed by atoms with Crippen LogP contribution in [0.15, 0.2) is 36.9 Å². The number of aromatic nitrogens is 3. The van der Waals surface area contributed by atoms with Gasteiger partial charge in [-0.25, -0.2) is 9.48 Å². The number of carbonyl (C=O) groups is 2. The van der Waals surface area contributed by atoms with Crippen LogP contribution in [-0.2, 0) is 19.9 Å². The second kappa shape index (κ2) is 5.59. The summed E-state index contributed by atoms with van der Waals surface area (Å²) in [5, 5.41) is 10.8. The molecule has 2 heterocycles. The number of carbonyl (C=O) groups excluding carboxylic acids is 2.